The van der Waals surface area contributed by atoms with Gasteiger partial charge in [-0.2, -0.15) is 0 Å². The smallest absolute Gasteiger partial charge is 0.208 e. The van der Waals surface area contributed by atoms with E-state index < -0.39 is 6.17 Å². The van der Waals surface area contributed by atoms with E-state index >= 15 is 0 Å². The number of anilines is 1. The van der Waals surface area contributed by atoms with Gasteiger partial charge < -0.3 is 10.1 Å². The van der Waals surface area contributed by atoms with Crippen LogP contribution in [0.5, 0.6) is 5.75 Å². The second kappa shape index (κ2) is 7.38. The average Bonchev–Trinajstić information content (AvgIpc) is 2.73. The molecule has 2 aliphatic rings. The van der Waals surface area contributed by atoms with Gasteiger partial charge in [-0.1, -0.05) is 42.0 Å². The number of halogens is 3. The van der Waals surface area contributed by atoms with Crippen molar-refractivity contribution in [3.8, 4) is 5.75 Å². The van der Waals surface area contributed by atoms with Gasteiger partial charge in [-0.05, 0) is 54.1 Å². The maximum absolute atomic E-state index is 14.1. The van der Waals surface area contributed by atoms with Crippen molar-refractivity contribution in [3.05, 3.63) is 106 Å². The molecule has 0 saturated heterocycles. The largest absolute Gasteiger partial charge is 0.440 e. The van der Waals surface area contributed by atoms with Gasteiger partial charge in [0.15, 0.2) is 0 Å². The van der Waals surface area contributed by atoms with Crippen molar-refractivity contribution in [3.63, 3.8) is 0 Å². The van der Waals surface area contributed by atoms with Gasteiger partial charge in [-0.25, -0.2) is 8.78 Å². The number of ether oxygens (including phenoxy) is 1. The van der Waals surface area contributed by atoms with Gasteiger partial charge in [0.1, 0.15) is 28.5 Å². The van der Waals surface area contributed by atoms with Crippen molar-refractivity contribution in [1.29, 1.82) is 0 Å². The molecule has 0 amide bonds. The van der Waals surface area contributed by atoms with Crippen LogP contribution < -0.4 is 15.0 Å². The molecule has 0 saturated carbocycles. The zero-order valence-corrected chi connectivity index (χ0v) is 17.1. The first-order valence-corrected chi connectivity index (χ1v) is 10.1. The Labute approximate surface area is 182 Å². The van der Waals surface area contributed by atoms with Crippen LogP contribution in [0.4, 0.5) is 14.5 Å². The third-order valence-corrected chi connectivity index (χ3v) is 5.76. The lowest BCUT2D eigenvalue weighted by Crippen LogP contribution is -2.49. The fourth-order valence-corrected chi connectivity index (χ4v) is 4.15. The first kappa shape index (κ1) is 19.0. The highest BCUT2D eigenvalue weighted by molar-refractivity contribution is 7.80. The van der Waals surface area contributed by atoms with Crippen molar-refractivity contribution in [2.24, 2.45) is 0 Å². The molecule has 3 aromatic rings. The highest BCUT2D eigenvalue weighted by Gasteiger charge is 2.37. The van der Waals surface area contributed by atoms with Crippen LogP contribution in [0.2, 0.25) is 5.02 Å². The van der Waals surface area contributed by atoms with E-state index in [4.69, 9.17) is 28.6 Å². The van der Waals surface area contributed by atoms with Crippen molar-refractivity contribution < 1.29 is 13.5 Å². The third kappa shape index (κ3) is 3.32. The van der Waals surface area contributed by atoms with E-state index in [9.17, 15) is 8.78 Å². The molecule has 0 fully saturated rings. The molecular weight excluding hydrogens is 426 g/mol. The van der Waals surface area contributed by atoms with Gasteiger partial charge in [0.25, 0.3) is 0 Å². The Morgan fingerprint density at radius 2 is 1.77 bits per heavy atom. The second-order valence-corrected chi connectivity index (χ2v) is 7.94. The lowest BCUT2D eigenvalue weighted by Gasteiger charge is -2.42. The van der Waals surface area contributed by atoms with Crippen molar-refractivity contribution in [1.82, 2.24) is 5.32 Å². The van der Waals surface area contributed by atoms with Gasteiger partial charge in [0.05, 0.1) is 5.57 Å². The van der Waals surface area contributed by atoms with Gasteiger partial charge in [0, 0.05) is 22.7 Å². The molecule has 0 bridgehead atoms. The van der Waals surface area contributed by atoms with E-state index in [-0.39, 0.29) is 11.6 Å². The molecule has 1 N–H and O–H groups in total. The van der Waals surface area contributed by atoms with Crippen LogP contribution >= 0.6 is 23.8 Å². The number of nitrogens with one attached hydrogen (secondary N) is 1. The Morgan fingerprint density at radius 3 is 2.53 bits per heavy atom. The molecule has 3 nitrogen and oxygen atoms in total. The Kier molecular flexibility index (Phi) is 4.68. The van der Waals surface area contributed by atoms with Crippen LogP contribution in [-0.4, -0.2) is 4.99 Å². The summed E-state index contributed by atoms with van der Waals surface area (Å²) in [6.45, 7) is 0. The zero-order chi connectivity index (χ0) is 20.8. The molecule has 1 atom stereocenters. The van der Waals surface area contributed by atoms with Crippen LogP contribution in [0.1, 0.15) is 17.3 Å². The Bertz CT molecular complexity index is 1200. The second-order valence-electron chi connectivity index (χ2n) is 7.09. The number of benzene rings is 3. The number of hydrogen-bond donors (Lipinski definition) is 1. The first-order valence-electron chi connectivity index (χ1n) is 9.30. The summed E-state index contributed by atoms with van der Waals surface area (Å²) in [5.74, 6) is 0.354. The lowest BCUT2D eigenvalue weighted by atomic mass is 9.98. The third-order valence-electron chi connectivity index (χ3n) is 5.15. The van der Waals surface area contributed by atoms with Crippen molar-refractivity contribution in [2.45, 2.75) is 12.6 Å². The predicted molar refractivity (Wildman–Crippen MR) is 117 cm³/mol. The Balaban J connectivity index is 1.67. The topological polar surface area (TPSA) is 24.5 Å². The summed E-state index contributed by atoms with van der Waals surface area (Å²) in [6.07, 6.45) is -0.0229. The standard InChI is InChI=1S/C23H15ClF2N2OS/c24-15-6-4-13(5-7-15)21-27-22(30)19-11-14-10-17(26)8-9-20(14)29-23(19)28(21)18-3-1-2-16(25)12-18/h1-10,12,21H,11H2,(H,27,30)/t21-/m0/s1. The molecule has 2 aliphatic heterocycles. The van der Waals surface area contributed by atoms with Crippen LogP contribution in [0.3, 0.4) is 0 Å². The molecule has 0 unspecified atom stereocenters. The molecule has 0 radical (unpaired) electrons. The minimum Gasteiger partial charge on any atom is -0.440 e. The van der Waals surface area contributed by atoms with E-state index in [2.05, 4.69) is 5.32 Å². The maximum atomic E-state index is 14.1. The summed E-state index contributed by atoms with van der Waals surface area (Å²) in [6, 6.07) is 18.0. The van der Waals surface area contributed by atoms with Crippen LogP contribution in [0.15, 0.2) is 78.2 Å². The molecular formula is C23H15ClF2N2OS. The van der Waals surface area contributed by atoms with E-state index in [1.54, 1.807) is 30.3 Å². The molecule has 0 aromatic heterocycles. The average molecular weight is 441 g/mol. The SMILES string of the molecule is Fc1cccc(N2C3=C(Cc4cc(F)ccc4O3)C(=S)N[C@@H]2c2ccc(Cl)cc2)c1. The monoisotopic (exact) mass is 440 g/mol. The predicted octanol–water partition coefficient (Wildman–Crippen LogP) is 5.90. The molecule has 30 heavy (non-hydrogen) atoms. The van der Waals surface area contributed by atoms with Crippen LogP contribution in [-0.2, 0) is 6.42 Å². The van der Waals surface area contributed by atoms with Gasteiger partial charge in [-0.15, -0.1) is 0 Å². The number of rotatable bonds is 2. The molecule has 0 spiro atoms. The molecule has 5 rings (SSSR count). The zero-order valence-electron chi connectivity index (χ0n) is 15.5. The van der Waals surface area contributed by atoms with Gasteiger partial charge in [-0.3, -0.25) is 4.90 Å². The highest BCUT2D eigenvalue weighted by atomic mass is 35.5. The summed E-state index contributed by atoms with van der Waals surface area (Å²) in [7, 11) is 0. The molecule has 3 aromatic carbocycles. The van der Waals surface area contributed by atoms with E-state index in [1.807, 2.05) is 17.0 Å². The molecule has 0 aliphatic carbocycles. The van der Waals surface area contributed by atoms with Crippen LogP contribution in [0, 0.1) is 11.6 Å². The maximum Gasteiger partial charge on any atom is 0.208 e. The number of nitrogens with zero attached hydrogens (tertiary/aromatic N) is 1. The Hall–Kier alpha value is -2.96. The fraction of sp³-hybridized carbons (Fsp3) is 0.0870. The van der Waals surface area contributed by atoms with E-state index in [1.165, 1.54) is 24.3 Å². The van der Waals surface area contributed by atoms with Crippen molar-refractivity contribution in [2.75, 3.05) is 4.90 Å². The quantitative estimate of drug-likeness (QED) is 0.501. The minimum atomic E-state index is -0.433. The summed E-state index contributed by atoms with van der Waals surface area (Å²) >= 11 is 11.7. The summed E-state index contributed by atoms with van der Waals surface area (Å²) in [5.41, 5.74) is 2.91. The molecule has 150 valence electrons. The minimum absolute atomic E-state index is 0.336. The van der Waals surface area contributed by atoms with Crippen molar-refractivity contribution >= 4 is 34.5 Å². The number of hydrogen-bond acceptors (Lipinski definition) is 3. The highest BCUT2D eigenvalue weighted by Crippen LogP contribution is 2.41. The van der Waals surface area contributed by atoms with E-state index in [0.29, 0.717) is 39.3 Å². The molecule has 2 heterocycles. The summed E-state index contributed by atoms with van der Waals surface area (Å²) < 4.78 is 34.0. The number of thiocarbonyl (C=S) groups is 1. The summed E-state index contributed by atoms with van der Waals surface area (Å²) in [4.78, 5) is 2.37. The van der Waals surface area contributed by atoms with Crippen LogP contribution in [0.25, 0.3) is 0 Å². The first-order chi connectivity index (χ1) is 14.5. The fourth-order valence-electron chi connectivity index (χ4n) is 3.75. The lowest BCUT2D eigenvalue weighted by molar-refractivity contribution is 0.358. The number of fused-ring (bicyclic) bond motifs is 1. The molecule has 7 heteroatoms. The normalized spacial score (nSPS) is 17.8. The van der Waals surface area contributed by atoms with Gasteiger partial charge >= 0.3 is 0 Å². The Morgan fingerprint density at radius 1 is 1.00 bits per heavy atom. The van der Waals surface area contributed by atoms with E-state index in [0.717, 1.165) is 11.1 Å². The summed E-state index contributed by atoms with van der Waals surface area (Å²) in [5, 5.41) is 3.94. The van der Waals surface area contributed by atoms with Gasteiger partial charge in [0.2, 0.25) is 5.88 Å².